The third-order valence-electron chi connectivity index (χ3n) is 8.68. The van der Waals surface area contributed by atoms with Gasteiger partial charge in [-0.3, -0.25) is 8.80 Å². The molecule has 3 heterocycles. The molecule has 0 atom stereocenters. The fourth-order valence-corrected chi connectivity index (χ4v) is 6.60. The second kappa shape index (κ2) is 10.7. The van der Waals surface area contributed by atoms with Gasteiger partial charge in [-0.15, -0.1) is 0 Å². The van der Waals surface area contributed by atoms with E-state index in [4.69, 9.17) is 16.5 Å². The third-order valence-corrected chi connectivity index (χ3v) is 8.68. The lowest BCUT2D eigenvalue weighted by atomic mass is 10.1. The van der Waals surface area contributed by atoms with E-state index in [9.17, 15) is 5.26 Å². The minimum absolute atomic E-state index is 0.280. The van der Waals surface area contributed by atoms with Crippen LogP contribution in [-0.2, 0) is 0 Å². The van der Waals surface area contributed by atoms with Gasteiger partial charge in [0, 0.05) is 17.1 Å². The van der Waals surface area contributed by atoms with Crippen molar-refractivity contribution in [3.8, 4) is 11.8 Å². The van der Waals surface area contributed by atoms with Gasteiger partial charge in [-0.1, -0.05) is 66.7 Å². The number of nitrogens with zero attached hydrogens (tertiary/aromatic N) is 8. The van der Waals surface area contributed by atoms with Crippen LogP contribution in [0.2, 0.25) is 0 Å². The summed E-state index contributed by atoms with van der Waals surface area (Å²) in [6.45, 7) is 7.91. The van der Waals surface area contributed by atoms with Crippen molar-refractivity contribution in [1.29, 1.82) is 5.26 Å². The highest BCUT2D eigenvalue weighted by molar-refractivity contribution is 5.95. The Labute approximate surface area is 274 Å². The molecular weight excluding hydrogens is 592 g/mol. The maximum atomic E-state index is 10.1. The average Bonchev–Trinajstić information content (AvgIpc) is 3.68. The molecule has 0 N–H and O–H groups in total. The van der Waals surface area contributed by atoms with Crippen LogP contribution in [0.5, 0.6) is 0 Å². The number of rotatable bonds is 4. The highest BCUT2D eigenvalue weighted by Gasteiger charge is 2.21. The van der Waals surface area contributed by atoms with Crippen molar-refractivity contribution in [2.45, 2.75) is 0 Å². The Hall–Kier alpha value is -7.16. The average molecular weight is 617 g/mol. The largest absolute Gasteiger partial charge is 0.310 e. The fourth-order valence-electron chi connectivity index (χ4n) is 6.60. The maximum absolute atomic E-state index is 10.1. The number of aromatic nitrogens is 5. The summed E-state index contributed by atoms with van der Waals surface area (Å²) < 4.78 is 6.21. The Morgan fingerprint density at radius 2 is 1.08 bits per heavy atom. The van der Waals surface area contributed by atoms with Crippen LogP contribution in [0.25, 0.3) is 55.2 Å². The van der Waals surface area contributed by atoms with E-state index in [-0.39, 0.29) is 5.69 Å². The second-order valence-corrected chi connectivity index (χ2v) is 11.4. The highest BCUT2D eigenvalue weighted by atomic mass is 15.3. The van der Waals surface area contributed by atoms with Crippen LogP contribution in [-0.4, -0.2) is 23.3 Å². The van der Waals surface area contributed by atoms with Crippen molar-refractivity contribution in [3.05, 3.63) is 163 Å². The third kappa shape index (κ3) is 4.07. The molecule has 0 amide bonds. The molecule has 0 fully saturated rings. The van der Waals surface area contributed by atoms with Crippen LogP contribution in [0, 0.1) is 17.9 Å². The van der Waals surface area contributed by atoms with Crippen LogP contribution in [0.15, 0.2) is 146 Å². The van der Waals surface area contributed by atoms with Crippen molar-refractivity contribution in [3.63, 3.8) is 0 Å². The van der Waals surface area contributed by atoms with Crippen LogP contribution >= 0.6 is 0 Å². The molecule has 3 aromatic heterocycles. The summed E-state index contributed by atoms with van der Waals surface area (Å²) in [5.74, 6) is 1.24. The summed E-state index contributed by atoms with van der Waals surface area (Å²) >= 11 is 0. The molecule has 9 rings (SSSR count). The number of hydrogen-bond acceptors (Lipinski definition) is 4. The van der Waals surface area contributed by atoms with Crippen LogP contribution in [0.1, 0.15) is 5.56 Å². The maximum Gasteiger partial charge on any atom is 0.223 e. The van der Waals surface area contributed by atoms with Gasteiger partial charge in [-0.2, -0.15) is 5.26 Å². The van der Waals surface area contributed by atoms with Crippen LogP contribution in [0.3, 0.4) is 0 Å². The molecule has 0 saturated heterocycles. The number of nitriles is 1. The molecule has 48 heavy (non-hydrogen) atoms. The zero-order valence-electron chi connectivity index (χ0n) is 25.4. The normalized spacial score (nSPS) is 11.3. The van der Waals surface area contributed by atoms with Gasteiger partial charge in [-0.05, 0) is 78.9 Å². The molecule has 224 valence electrons. The first-order valence-corrected chi connectivity index (χ1v) is 15.5. The number of anilines is 3. The Morgan fingerprint density at radius 3 is 1.65 bits per heavy atom. The van der Waals surface area contributed by atoms with E-state index in [0.717, 1.165) is 55.8 Å². The van der Waals surface area contributed by atoms with Gasteiger partial charge < -0.3 is 4.90 Å². The van der Waals surface area contributed by atoms with Gasteiger partial charge in [0.15, 0.2) is 0 Å². The summed E-state index contributed by atoms with van der Waals surface area (Å²) in [5, 5.41) is 10.1. The minimum atomic E-state index is 0.280. The quantitative estimate of drug-likeness (QED) is 0.185. The van der Waals surface area contributed by atoms with Crippen LogP contribution in [0.4, 0.5) is 22.7 Å². The van der Waals surface area contributed by atoms with E-state index >= 15 is 0 Å². The van der Waals surface area contributed by atoms with Crippen molar-refractivity contribution >= 4 is 67.4 Å². The predicted molar refractivity (Wildman–Crippen MR) is 190 cm³/mol. The highest BCUT2D eigenvalue weighted by Crippen LogP contribution is 2.37. The number of imidazole rings is 2. The Kier molecular flexibility index (Phi) is 6.07. The SMILES string of the molecule is [C-]#[N+]c1cc2c(cc1C#N)n1c3ccccc3nc1n(-c1cccc(N(c3ccccc3)c3ccccc3)c1)c1nc3ccccc3n21. The van der Waals surface area contributed by atoms with Crippen molar-refractivity contribution < 1.29 is 0 Å². The number of benzene rings is 6. The van der Waals surface area contributed by atoms with Crippen molar-refractivity contribution in [2.75, 3.05) is 4.90 Å². The lowest BCUT2D eigenvalue weighted by Crippen LogP contribution is -2.10. The number of hydrogen-bond donors (Lipinski definition) is 0. The topological polar surface area (TPSA) is 70.9 Å². The number of fused-ring (bicyclic) bond motifs is 9. The molecule has 0 bridgehead atoms. The minimum Gasteiger partial charge on any atom is -0.310 e. The van der Waals surface area contributed by atoms with E-state index in [1.165, 1.54) is 0 Å². The zero-order chi connectivity index (χ0) is 32.2. The molecule has 6 aromatic carbocycles. The lowest BCUT2D eigenvalue weighted by Gasteiger charge is -2.26. The summed E-state index contributed by atoms with van der Waals surface area (Å²) in [6, 6.07) is 50.7. The van der Waals surface area contributed by atoms with Gasteiger partial charge in [0.25, 0.3) is 0 Å². The number of para-hydroxylation sites is 6. The predicted octanol–water partition coefficient (Wildman–Crippen LogP) is 9.69. The van der Waals surface area contributed by atoms with Crippen molar-refractivity contribution in [1.82, 2.24) is 23.3 Å². The zero-order valence-corrected chi connectivity index (χ0v) is 25.4. The molecule has 0 aliphatic rings. The molecule has 9 aromatic rings. The van der Waals surface area contributed by atoms with Gasteiger partial charge in [0.05, 0.1) is 57.0 Å². The smallest absolute Gasteiger partial charge is 0.223 e. The summed E-state index contributed by atoms with van der Waals surface area (Å²) in [4.78, 5) is 16.4. The Morgan fingerprint density at radius 1 is 0.562 bits per heavy atom. The molecule has 0 aliphatic carbocycles. The van der Waals surface area contributed by atoms with E-state index in [1.54, 1.807) is 12.1 Å². The van der Waals surface area contributed by atoms with Gasteiger partial charge in [-0.25, -0.2) is 19.4 Å². The van der Waals surface area contributed by atoms with E-state index in [2.05, 4.69) is 71.6 Å². The molecule has 0 saturated carbocycles. The molecule has 0 radical (unpaired) electrons. The molecule has 0 spiro atoms. The summed E-state index contributed by atoms with van der Waals surface area (Å²) in [7, 11) is 0. The first-order chi connectivity index (χ1) is 23.7. The second-order valence-electron chi connectivity index (χ2n) is 11.4. The van der Waals surface area contributed by atoms with Crippen molar-refractivity contribution in [2.24, 2.45) is 0 Å². The Bertz CT molecular complexity index is 2640. The first-order valence-electron chi connectivity index (χ1n) is 15.5. The monoisotopic (exact) mass is 616 g/mol. The standard InChI is InChI=1S/C40H24N8/c1-42-34-25-38-37(23-27(34)26-41)47-35-21-10-8-19-32(35)43-39(47)46(40-44-33-20-9-11-22-36(33)48(38)40)31-18-12-17-30(24-31)45(28-13-4-2-5-14-28)29-15-6-3-7-16-29/h2-25H. The molecule has 8 nitrogen and oxygen atoms in total. The fraction of sp³-hybridized carbons (Fsp3) is 0. The molecule has 8 heteroatoms. The van der Waals surface area contributed by atoms with E-state index in [1.807, 2.05) is 91.0 Å². The van der Waals surface area contributed by atoms with Gasteiger partial charge >= 0.3 is 0 Å². The van der Waals surface area contributed by atoms with E-state index in [0.29, 0.717) is 17.1 Å². The Balaban J connectivity index is 1.48. The van der Waals surface area contributed by atoms with Gasteiger partial charge in [0.2, 0.25) is 17.2 Å². The molecule has 0 unspecified atom stereocenters. The molecule has 0 aliphatic heterocycles. The van der Waals surface area contributed by atoms with E-state index < -0.39 is 0 Å². The summed E-state index contributed by atoms with van der Waals surface area (Å²) in [5.41, 5.74) is 9.26. The lowest BCUT2D eigenvalue weighted by molar-refractivity contribution is 1.03. The van der Waals surface area contributed by atoms with Crippen LogP contribution < -0.4 is 4.90 Å². The molecular formula is C40H24N8. The summed E-state index contributed by atoms with van der Waals surface area (Å²) in [6.07, 6.45) is 0. The first kappa shape index (κ1) is 27.2. The van der Waals surface area contributed by atoms with Gasteiger partial charge in [0.1, 0.15) is 0 Å².